The standard InChI is InChI=1S/C12H14N2O5S/c1-9-11(14(16)17)3-2-4-12(9)20(18,19)13-7-5-10(15)6-8-13/h2-4H,5-8H2,1H3. The first-order chi connectivity index (χ1) is 9.34. The SMILES string of the molecule is Cc1c([N+](=O)[O-])cccc1S(=O)(=O)N1CCC(=O)CC1. The van der Waals surface area contributed by atoms with E-state index in [0.717, 1.165) is 0 Å². The van der Waals surface area contributed by atoms with E-state index in [1.54, 1.807) is 0 Å². The van der Waals surface area contributed by atoms with Crippen molar-refractivity contribution < 1.29 is 18.1 Å². The lowest BCUT2D eigenvalue weighted by molar-refractivity contribution is -0.385. The van der Waals surface area contributed by atoms with Crippen molar-refractivity contribution in [3.8, 4) is 0 Å². The first-order valence-electron chi connectivity index (χ1n) is 6.10. The summed E-state index contributed by atoms with van der Waals surface area (Å²) in [7, 11) is -3.80. The van der Waals surface area contributed by atoms with E-state index >= 15 is 0 Å². The molecule has 2 rings (SSSR count). The van der Waals surface area contributed by atoms with Crippen LogP contribution >= 0.6 is 0 Å². The fraction of sp³-hybridized carbons (Fsp3) is 0.417. The summed E-state index contributed by atoms with van der Waals surface area (Å²) in [6.45, 7) is 1.67. The maximum Gasteiger partial charge on any atom is 0.273 e. The minimum Gasteiger partial charge on any atom is -0.300 e. The van der Waals surface area contributed by atoms with E-state index in [1.807, 2.05) is 0 Å². The Labute approximate surface area is 116 Å². The molecule has 0 N–H and O–H groups in total. The number of sulfonamides is 1. The third-order valence-corrected chi connectivity index (χ3v) is 5.39. The van der Waals surface area contributed by atoms with Crippen LogP contribution in [0.1, 0.15) is 18.4 Å². The van der Waals surface area contributed by atoms with Gasteiger partial charge in [0.15, 0.2) is 0 Å². The van der Waals surface area contributed by atoms with Gasteiger partial charge in [0, 0.05) is 37.6 Å². The van der Waals surface area contributed by atoms with Crippen LogP contribution in [0.5, 0.6) is 0 Å². The predicted molar refractivity (Wildman–Crippen MR) is 70.8 cm³/mol. The van der Waals surface area contributed by atoms with Crippen molar-refractivity contribution in [3.63, 3.8) is 0 Å². The lowest BCUT2D eigenvalue weighted by Gasteiger charge is -2.25. The molecule has 1 fully saturated rings. The van der Waals surface area contributed by atoms with Crippen molar-refractivity contribution in [2.24, 2.45) is 0 Å². The highest BCUT2D eigenvalue weighted by atomic mass is 32.2. The summed E-state index contributed by atoms with van der Waals surface area (Å²) in [6, 6.07) is 3.98. The molecule has 0 aliphatic carbocycles. The summed E-state index contributed by atoms with van der Waals surface area (Å²) >= 11 is 0. The topological polar surface area (TPSA) is 97.6 Å². The molecule has 1 saturated heterocycles. The lowest BCUT2D eigenvalue weighted by atomic mass is 10.1. The summed E-state index contributed by atoms with van der Waals surface area (Å²) in [6.07, 6.45) is 0.375. The third kappa shape index (κ3) is 2.56. The lowest BCUT2D eigenvalue weighted by Crippen LogP contribution is -2.38. The van der Waals surface area contributed by atoms with Crippen LogP contribution in [0.3, 0.4) is 0 Å². The second-order valence-electron chi connectivity index (χ2n) is 4.60. The van der Waals surface area contributed by atoms with Gasteiger partial charge in [-0.25, -0.2) is 8.42 Å². The van der Waals surface area contributed by atoms with Crippen LogP contribution in [0.2, 0.25) is 0 Å². The number of nitro benzene ring substituents is 1. The Morgan fingerprint density at radius 2 is 1.85 bits per heavy atom. The van der Waals surface area contributed by atoms with Gasteiger partial charge in [0.25, 0.3) is 5.69 Å². The number of Topliss-reactive ketones (excluding diaryl/α,β-unsaturated/α-hetero) is 1. The van der Waals surface area contributed by atoms with Crippen molar-refractivity contribution in [1.82, 2.24) is 4.31 Å². The minimum absolute atomic E-state index is 0.0345. The van der Waals surface area contributed by atoms with Crippen molar-refractivity contribution in [2.75, 3.05) is 13.1 Å². The van der Waals surface area contributed by atoms with Gasteiger partial charge in [-0.2, -0.15) is 4.31 Å². The van der Waals surface area contributed by atoms with E-state index in [4.69, 9.17) is 0 Å². The molecule has 108 valence electrons. The van der Waals surface area contributed by atoms with E-state index in [0.29, 0.717) is 0 Å². The van der Waals surface area contributed by atoms with Crippen molar-refractivity contribution in [2.45, 2.75) is 24.7 Å². The smallest absolute Gasteiger partial charge is 0.273 e. The zero-order valence-corrected chi connectivity index (χ0v) is 11.7. The average Bonchev–Trinajstić information content (AvgIpc) is 2.38. The maximum absolute atomic E-state index is 12.5. The zero-order chi connectivity index (χ0) is 14.9. The first kappa shape index (κ1) is 14.6. The Morgan fingerprint density at radius 3 is 2.40 bits per heavy atom. The molecule has 1 aromatic carbocycles. The predicted octanol–water partition coefficient (Wildman–Crippen LogP) is 1.26. The monoisotopic (exact) mass is 298 g/mol. The number of piperidine rings is 1. The highest BCUT2D eigenvalue weighted by Gasteiger charge is 2.31. The Balaban J connectivity index is 2.42. The number of carbonyl (C=O) groups excluding carboxylic acids is 1. The molecular formula is C12H14N2O5S. The largest absolute Gasteiger partial charge is 0.300 e. The molecule has 0 saturated carbocycles. The van der Waals surface area contributed by atoms with Gasteiger partial charge in [0.2, 0.25) is 10.0 Å². The van der Waals surface area contributed by atoms with Crippen molar-refractivity contribution in [1.29, 1.82) is 0 Å². The average molecular weight is 298 g/mol. The van der Waals surface area contributed by atoms with Gasteiger partial charge in [-0.1, -0.05) is 6.07 Å². The molecule has 0 spiro atoms. The number of rotatable bonds is 3. The van der Waals surface area contributed by atoms with Crippen LogP contribution in [-0.4, -0.2) is 36.5 Å². The van der Waals surface area contributed by atoms with Crippen LogP contribution < -0.4 is 0 Å². The molecule has 1 aromatic rings. The molecule has 0 amide bonds. The summed E-state index contributed by atoms with van der Waals surface area (Å²) in [5, 5.41) is 10.9. The minimum atomic E-state index is -3.80. The number of nitrogens with zero attached hydrogens (tertiary/aromatic N) is 2. The number of nitro groups is 1. The Hall–Kier alpha value is -1.80. The summed E-state index contributed by atoms with van der Waals surface area (Å²) in [5.74, 6) is 0.0345. The molecule has 0 radical (unpaired) electrons. The zero-order valence-electron chi connectivity index (χ0n) is 10.9. The maximum atomic E-state index is 12.5. The molecule has 1 heterocycles. The summed E-state index contributed by atoms with van der Waals surface area (Å²) < 4.78 is 26.2. The number of benzene rings is 1. The first-order valence-corrected chi connectivity index (χ1v) is 7.54. The van der Waals surface area contributed by atoms with Crippen LogP contribution in [-0.2, 0) is 14.8 Å². The Kier molecular flexibility index (Phi) is 3.87. The van der Waals surface area contributed by atoms with Crippen LogP contribution in [0.4, 0.5) is 5.69 Å². The molecule has 1 aliphatic rings. The number of hydrogen-bond acceptors (Lipinski definition) is 5. The van der Waals surface area contributed by atoms with Gasteiger partial charge in [-0.3, -0.25) is 14.9 Å². The van der Waals surface area contributed by atoms with Crippen LogP contribution in [0, 0.1) is 17.0 Å². The van der Waals surface area contributed by atoms with E-state index in [9.17, 15) is 23.3 Å². The summed E-state index contributed by atoms with van der Waals surface area (Å²) in [5.41, 5.74) is -0.103. The third-order valence-electron chi connectivity index (χ3n) is 3.35. The Morgan fingerprint density at radius 1 is 1.25 bits per heavy atom. The molecule has 7 nitrogen and oxygen atoms in total. The Bertz CT molecular complexity index is 658. The van der Waals surface area contributed by atoms with Crippen molar-refractivity contribution >= 4 is 21.5 Å². The van der Waals surface area contributed by atoms with Gasteiger partial charge in [-0.05, 0) is 13.0 Å². The molecule has 0 atom stereocenters. The molecule has 1 aliphatic heterocycles. The second-order valence-corrected chi connectivity index (χ2v) is 6.51. The van der Waals surface area contributed by atoms with Gasteiger partial charge in [0.05, 0.1) is 9.82 Å². The number of ketones is 1. The van der Waals surface area contributed by atoms with E-state index in [1.165, 1.54) is 29.4 Å². The van der Waals surface area contributed by atoms with Gasteiger partial charge < -0.3 is 0 Å². The summed E-state index contributed by atoms with van der Waals surface area (Å²) in [4.78, 5) is 21.4. The molecule has 0 unspecified atom stereocenters. The fourth-order valence-corrected chi connectivity index (χ4v) is 3.88. The second kappa shape index (κ2) is 5.29. The molecule has 0 aromatic heterocycles. The molecule has 20 heavy (non-hydrogen) atoms. The van der Waals surface area contributed by atoms with Crippen molar-refractivity contribution in [3.05, 3.63) is 33.9 Å². The van der Waals surface area contributed by atoms with Crippen LogP contribution in [0.15, 0.2) is 23.1 Å². The molecular weight excluding hydrogens is 284 g/mol. The van der Waals surface area contributed by atoms with Gasteiger partial charge in [-0.15, -0.1) is 0 Å². The molecule has 8 heteroatoms. The van der Waals surface area contributed by atoms with Gasteiger partial charge >= 0.3 is 0 Å². The highest BCUT2D eigenvalue weighted by Crippen LogP contribution is 2.28. The number of hydrogen-bond donors (Lipinski definition) is 0. The molecule has 0 bridgehead atoms. The van der Waals surface area contributed by atoms with E-state index < -0.39 is 14.9 Å². The normalized spacial score (nSPS) is 17.1. The fourth-order valence-electron chi connectivity index (χ4n) is 2.20. The highest BCUT2D eigenvalue weighted by molar-refractivity contribution is 7.89. The quantitative estimate of drug-likeness (QED) is 0.618. The van der Waals surface area contributed by atoms with E-state index in [-0.39, 0.29) is 47.9 Å². The van der Waals surface area contributed by atoms with Crippen LogP contribution in [0.25, 0.3) is 0 Å². The van der Waals surface area contributed by atoms with Gasteiger partial charge in [0.1, 0.15) is 5.78 Å². The van der Waals surface area contributed by atoms with E-state index in [2.05, 4.69) is 0 Å². The number of carbonyl (C=O) groups is 1.